The molecule has 0 aromatic heterocycles. The summed E-state index contributed by atoms with van der Waals surface area (Å²) in [5.74, 6) is 0. The molecule has 0 heterocycles. The summed E-state index contributed by atoms with van der Waals surface area (Å²) in [6, 6.07) is 8.29. The van der Waals surface area contributed by atoms with Gasteiger partial charge in [0.2, 0.25) is 0 Å². The normalized spacial score (nSPS) is 9.18. The Hall–Kier alpha value is -0.501. The SMILES string of the molecule is C=Cc1ccc([C](=C)[SnH])cc1. The summed E-state index contributed by atoms with van der Waals surface area (Å²) in [7, 11) is 0. The van der Waals surface area contributed by atoms with Crippen LogP contribution in [0.1, 0.15) is 11.1 Å². The fourth-order valence-corrected chi connectivity index (χ4v) is 1.38. The van der Waals surface area contributed by atoms with Gasteiger partial charge in [0.05, 0.1) is 0 Å². The van der Waals surface area contributed by atoms with Crippen LogP contribution >= 0.6 is 0 Å². The molecule has 0 bridgehead atoms. The first-order valence-electron chi connectivity index (χ1n) is 3.41. The van der Waals surface area contributed by atoms with E-state index in [1.165, 1.54) is 9.15 Å². The first-order chi connectivity index (χ1) is 5.24. The average molecular weight is 249 g/mol. The second-order valence-electron chi connectivity index (χ2n) is 2.35. The van der Waals surface area contributed by atoms with Gasteiger partial charge in [-0.1, -0.05) is 0 Å². The molecule has 0 aliphatic carbocycles. The van der Waals surface area contributed by atoms with Crippen LogP contribution in [0.25, 0.3) is 9.67 Å². The van der Waals surface area contributed by atoms with Crippen molar-refractivity contribution in [1.82, 2.24) is 0 Å². The molecule has 0 atom stereocenters. The minimum absolute atomic E-state index is 1.10. The van der Waals surface area contributed by atoms with E-state index in [9.17, 15) is 0 Å². The molecule has 1 aromatic carbocycles. The first kappa shape index (κ1) is 8.59. The zero-order chi connectivity index (χ0) is 8.27. The third-order valence-corrected chi connectivity index (χ3v) is 2.47. The molecule has 0 aliphatic heterocycles. The molecule has 0 saturated heterocycles. The quantitative estimate of drug-likeness (QED) is 0.705. The van der Waals surface area contributed by atoms with E-state index < -0.39 is 0 Å². The molecular formula is C10H10Sn. The van der Waals surface area contributed by atoms with Crippen LogP contribution in [0.15, 0.2) is 37.4 Å². The predicted molar refractivity (Wildman–Crippen MR) is 52.7 cm³/mol. The van der Waals surface area contributed by atoms with Crippen LogP contribution in [0, 0.1) is 0 Å². The van der Waals surface area contributed by atoms with Crippen LogP contribution in [0.5, 0.6) is 0 Å². The summed E-state index contributed by atoms with van der Waals surface area (Å²) in [5.41, 5.74) is 2.41. The average Bonchev–Trinajstić information content (AvgIpc) is 2.05. The van der Waals surface area contributed by atoms with Gasteiger partial charge >= 0.3 is 80.7 Å². The van der Waals surface area contributed by atoms with E-state index in [4.69, 9.17) is 0 Å². The van der Waals surface area contributed by atoms with Gasteiger partial charge in [0.25, 0.3) is 0 Å². The van der Waals surface area contributed by atoms with Crippen molar-refractivity contribution in [2.45, 2.75) is 0 Å². The number of hydrogen-bond acceptors (Lipinski definition) is 0. The molecule has 0 nitrogen and oxygen atoms in total. The standard InChI is InChI=1S/C10H9.Sn.H/c1-3-9-5-7-10(4-2)8-6-9;;/h3,5-8H,1-2H2;;. The molecule has 54 valence electrons. The van der Waals surface area contributed by atoms with Crippen molar-refractivity contribution >= 4 is 32.2 Å². The van der Waals surface area contributed by atoms with Gasteiger partial charge in [0.15, 0.2) is 0 Å². The van der Waals surface area contributed by atoms with Crippen molar-refractivity contribution in [1.29, 1.82) is 0 Å². The molecule has 0 saturated carbocycles. The van der Waals surface area contributed by atoms with Crippen LogP contribution in [0.4, 0.5) is 0 Å². The molecule has 1 rings (SSSR count). The number of hydrogen-bond donors (Lipinski definition) is 0. The zero-order valence-electron chi connectivity index (χ0n) is 6.38. The van der Waals surface area contributed by atoms with E-state index in [2.05, 4.69) is 37.4 Å². The Bertz CT molecular complexity index is 269. The van der Waals surface area contributed by atoms with Gasteiger partial charge in [-0.2, -0.15) is 0 Å². The maximum absolute atomic E-state index is 3.91. The molecule has 0 N–H and O–H groups in total. The molecule has 0 aliphatic rings. The third-order valence-electron chi connectivity index (χ3n) is 1.52. The Balaban J connectivity index is 3.00. The molecule has 0 unspecified atom stereocenters. The number of benzene rings is 1. The zero-order valence-corrected chi connectivity index (χ0v) is 9.67. The van der Waals surface area contributed by atoms with Gasteiger partial charge in [-0.15, -0.1) is 0 Å². The van der Waals surface area contributed by atoms with Crippen LogP contribution < -0.4 is 0 Å². The summed E-state index contributed by atoms with van der Waals surface area (Å²) >= 11 is 1.10. The van der Waals surface area contributed by atoms with E-state index in [1.807, 2.05) is 6.08 Å². The molecule has 1 aromatic rings. The Morgan fingerprint density at radius 1 is 1.27 bits per heavy atom. The molecular weight excluding hydrogens is 239 g/mol. The van der Waals surface area contributed by atoms with Gasteiger partial charge < -0.3 is 0 Å². The van der Waals surface area contributed by atoms with Gasteiger partial charge in [-0.3, -0.25) is 0 Å². The molecule has 1 heteroatoms. The van der Waals surface area contributed by atoms with Gasteiger partial charge in [-0.05, 0) is 0 Å². The van der Waals surface area contributed by atoms with E-state index in [0.29, 0.717) is 0 Å². The van der Waals surface area contributed by atoms with E-state index in [0.717, 1.165) is 28.1 Å². The fourth-order valence-electron chi connectivity index (χ4n) is 0.833. The Kier molecular flexibility index (Phi) is 2.94. The van der Waals surface area contributed by atoms with Crippen LogP contribution in [-0.2, 0) is 0 Å². The molecule has 11 heavy (non-hydrogen) atoms. The van der Waals surface area contributed by atoms with Crippen molar-refractivity contribution in [2.75, 3.05) is 0 Å². The van der Waals surface area contributed by atoms with Crippen molar-refractivity contribution in [3.05, 3.63) is 48.6 Å². The maximum atomic E-state index is 3.91. The summed E-state index contributed by atoms with van der Waals surface area (Å²) < 4.78 is 1.23. The Morgan fingerprint density at radius 2 is 1.82 bits per heavy atom. The van der Waals surface area contributed by atoms with E-state index in [1.54, 1.807) is 0 Å². The predicted octanol–water partition coefficient (Wildman–Crippen LogP) is 2.20. The van der Waals surface area contributed by atoms with Crippen LogP contribution in [0.3, 0.4) is 0 Å². The van der Waals surface area contributed by atoms with Gasteiger partial charge in [-0.25, -0.2) is 0 Å². The summed E-state index contributed by atoms with van der Waals surface area (Å²) in [4.78, 5) is 0. The summed E-state index contributed by atoms with van der Waals surface area (Å²) in [6.07, 6.45) is 1.85. The first-order valence-corrected chi connectivity index (χ1v) is 5.06. The van der Waals surface area contributed by atoms with Crippen LogP contribution in [-0.4, -0.2) is 22.5 Å². The van der Waals surface area contributed by atoms with Gasteiger partial charge in [0.1, 0.15) is 0 Å². The van der Waals surface area contributed by atoms with Crippen molar-refractivity contribution in [2.24, 2.45) is 0 Å². The summed E-state index contributed by atoms with van der Waals surface area (Å²) in [5, 5.41) is 0. The Labute approximate surface area is 80.7 Å². The monoisotopic (exact) mass is 250 g/mol. The second-order valence-corrected chi connectivity index (χ2v) is 4.34. The molecule has 0 fully saturated rings. The molecule has 0 amide bonds. The molecule has 2 radical (unpaired) electrons. The Morgan fingerprint density at radius 3 is 2.18 bits per heavy atom. The number of rotatable bonds is 2. The second kappa shape index (κ2) is 3.77. The van der Waals surface area contributed by atoms with Crippen molar-refractivity contribution in [3.63, 3.8) is 0 Å². The summed E-state index contributed by atoms with van der Waals surface area (Å²) in [6.45, 7) is 7.60. The topological polar surface area (TPSA) is 0 Å². The van der Waals surface area contributed by atoms with E-state index >= 15 is 0 Å². The minimum atomic E-state index is 1.10. The molecule has 0 spiro atoms. The van der Waals surface area contributed by atoms with Gasteiger partial charge in [0, 0.05) is 0 Å². The van der Waals surface area contributed by atoms with E-state index in [-0.39, 0.29) is 0 Å². The fraction of sp³-hybridized carbons (Fsp3) is 0. The third kappa shape index (κ3) is 2.22. The van der Waals surface area contributed by atoms with Crippen molar-refractivity contribution in [3.8, 4) is 0 Å². The van der Waals surface area contributed by atoms with Crippen molar-refractivity contribution < 1.29 is 0 Å². The van der Waals surface area contributed by atoms with Crippen LogP contribution in [0.2, 0.25) is 0 Å².